The van der Waals surface area contributed by atoms with Crippen LogP contribution < -0.4 is 5.32 Å². The Kier molecular flexibility index (Phi) is 4.01. The van der Waals surface area contributed by atoms with E-state index in [4.69, 9.17) is 0 Å². The first-order valence-corrected chi connectivity index (χ1v) is 8.96. The van der Waals surface area contributed by atoms with Crippen LogP contribution in [0.4, 0.5) is 5.69 Å². The molecule has 1 aromatic heterocycles. The number of allylic oxidation sites excluding steroid dienone is 4. The molecule has 4 rings (SSSR count). The van der Waals surface area contributed by atoms with Crippen molar-refractivity contribution in [3.05, 3.63) is 82.9 Å². The highest BCUT2D eigenvalue weighted by molar-refractivity contribution is 8.03. The fraction of sp³-hybridized carbons (Fsp3) is 0. The molecule has 4 heteroatoms. The molecule has 0 saturated carbocycles. The quantitative estimate of drug-likeness (QED) is 0.601. The van der Waals surface area contributed by atoms with Gasteiger partial charge in [0.15, 0.2) is 0 Å². The van der Waals surface area contributed by atoms with Gasteiger partial charge in [-0.25, -0.2) is 4.98 Å². The van der Waals surface area contributed by atoms with Crippen molar-refractivity contribution >= 4 is 45.1 Å². The van der Waals surface area contributed by atoms with E-state index in [-0.39, 0.29) is 0 Å². The molecule has 0 atom stereocenters. The normalized spacial score (nSPS) is 15.7. The number of benzene rings is 2. The Bertz CT molecular complexity index is 875. The van der Waals surface area contributed by atoms with Crippen molar-refractivity contribution in [2.75, 3.05) is 5.32 Å². The maximum absolute atomic E-state index is 4.58. The molecule has 2 aromatic carbocycles. The van der Waals surface area contributed by atoms with Gasteiger partial charge in [-0.15, -0.1) is 11.3 Å². The third kappa shape index (κ3) is 3.23. The minimum atomic E-state index is 1.03. The number of anilines is 1. The lowest BCUT2D eigenvalue weighted by Gasteiger charge is -1.95. The van der Waals surface area contributed by atoms with Crippen LogP contribution in [0.1, 0.15) is 5.01 Å². The molecule has 1 N–H and O–H groups in total. The van der Waals surface area contributed by atoms with E-state index in [9.17, 15) is 0 Å². The highest BCUT2D eigenvalue weighted by Crippen LogP contribution is 2.40. The van der Waals surface area contributed by atoms with Gasteiger partial charge in [0.25, 0.3) is 0 Å². The van der Waals surface area contributed by atoms with E-state index in [1.807, 2.05) is 48.6 Å². The molecule has 2 heterocycles. The molecule has 1 aliphatic heterocycles. The molecule has 112 valence electrons. The standard InChI is InChI=1S/C19H14N2S2/c1(2-12-18-20-14-8-4-6-10-16(14)22-18)3-13-19-21-15-9-5-7-11-17(15)23-19/h1-13,20H/b2-1?,13-3+,18-12?. The second-order valence-corrected chi connectivity index (χ2v) is 7.16. The first-order valence-electron chi connectivity index (χ1n) is 7.33. The Morgan fingerprint density at radius 1 is 0.913 bits per heavy atom. The van der Waals surface area contributed by atoms with E-state index in [0.717, 1.165) is 15.6 Å². The summed E-state index contributed by atoms with van der Waals surface area (Å²) >= 11 is 3.47. The molecule has 2 nitrogen and oxygen atoms in total. The Morgan fingerprint density at radius 3 is 2.70 bits per heavy atom. The van der Waals surface area contributed by atoms with Crippen LogP contribution >= 0.6 is 23.1 Å². The molecule has 0 amide bonds. The number of fused-ring (bicyclic) bond motifs is 2. The topological polar surface area (TPSA) is 24.9 Å². The van der Waals surface area contributed by atoms with Crippen LogP contribution in [0.15, 0.2) is 82.8 Å². The van der Waals surface area contributed by atoms with Crippen molar-refractivity contribution < 1.29 is 0 Å². The Morgan fingerprint density at radius 2 is 1.78 bits per heavy atom. The number of nitrogens with one attached hydrogen (secondary N) is 1. The van der Waals surface area contributed by atoms with Crippen LogP contribution in [0.5, 0.6) is 0 Å². The average Bonchev–Trinajstić information content (AvgIpc) is 3.17. The summed E-state index contributed by atoms with van der Waals surface area (Å²) in [7, 11) is 0. The Hall–Kier alpha value is -2.30. The fourth-order valence-electron chi connectivity index (χ4n) is 2.32. The smallest absolute Gasteiger partial charge is 0.117 e. The van der Waals surface area contributed by atoms with Crippen molar-refractivity contribution in [2.24, 2.45) is 0 Å². The highest BCUT2D eigenvalue weighted by Gasteiger charge is 2.13. The van der Waals surface area contributed by atoms with Gasteiger partial charge < -0.3 is 5.32 Å². The predicted octanol–water partition coefficient (Wildman–Crippen LogP) is 5.92. The molecule has 0 fully saturated rings. The molecule has 0 saturated heterocycles. The Labute approximate surface area is 143 Å². The van der Waals surface area contributed by atoms with E-state index >= 15 is 0 Å². The molecule has 0 radical (unpaired) electrons. The maximum atomic E-state index is 4.58. The minimum Gasteiger partial charge on any atom is -0.349 e. The molecule has 1 aliphatic rings. The average molecular weight is 334 g/mol. The SMILES string of the molecule is C(=C/C=C/c1nc2ccccc2s1)C=C1Nc2ccccc2S1. The van der Waals surface area contributed by atoms with Gasteiger partial charge in [-0.05, 0) is 36.4 Å². The van der Waals surface area contributed by atoms with Crippen LogP contribution in [-0.4, -0.2) is 4.98 Å². The second kappa shape index (κ2) is 6.44. The summed E-state index contributed by atoms with van der Waals surface area (Å²) in [6.07, 6.45) is 10.2. The number of nitrogens with zero attached hydrogens (tertiary/aromatic N) is 1. The van der Waals surface area contributed by atoms with Gasteiger partial charge in [-0.3, -0.25) is 0 Å². The molecule has 0 spiro atoms. The van der Waals surface area contributed by atoms with E-state index < -0.39 is 0 Å². The third-order valence-electron chi connectivity index (χ3n) is 3.38. The second-order valence-electron chi connectivity index (χ2n) is 5.02. The summed E-state index contributed by atoms with van der Waals surface area (Å²) in [6, 6.07) is 16.6. The summed E-state index contributed by atoms with van der Waals surface area (Å²) in [5.74, 6) is 0. The monoisotopic (exact) mass is 334 g/mol. The number of para-hydroxylation sites is 2. The summed E-state index contributed by atoms with van der Waals surface area (Å²) in [5, 5.41) is 5.58. The zero-order valence-electron chi connectivity index (χ0n) is 12.3. The number of hydrogen-bond donors (Lipinski definition) is 1. The van der Waals surface area contributed by atoms with Gasteiger partial charge in [-0.2, -0.15) is 0 Å². The summed E-state index contributed by atoms with van der Waals surface area (Å²) < 4.78 is 1.22. The molecule has 23 heavy (non-hydrogen) atoms. The van der Waals surface area contributed by atoms with Crippen LogP contribution in [-0.2, 0) is 0 Å². The van der Waals surface area contributed by atoms with Crippen molar-refractivity contribution in [1.29, 1.82) is 0 Å². The first-order chi connectivity index (χ1) is 11.4. The number of thiazole rings is 1. The summed E-state index contributed by atoms with van der Waals surface area (Å²) in [6.45, 7) is 0. The van der Waals surface area contributed by atoms with Crippen LogP contribution in [0, 0.1) is 0 Å². The van der Waals surface area contributed by atoms with Gasteiger partial charge in [-0.1, -0.05) is 54.3 Å². The number of thioether (sulfide) groups is 1. The molecular weight excluding hydrogens is 320 g/mol. The lowest BCUT2D eigenvalue weighted by Crippen LogP contribution is -1.86. The molecular formula is C19H14N2S2. The fourth-order valence-corrected chi connectivity index (χ4v) is 4.12. The summed E-state index contributed by atoms with van der Waals surface area (Å²) in [5.41, 5.74) is 2.25. The van der Waals surface area contributed by atoms with Gasteiger partial charge >= 0.3 is 0 Å². The molecule has 3 aromatic rings. The number of rotatable bonds is 3. The number of hydrogen-bond acceptors (Lipinski definition) is 4. The molecule has 0 unspecified atom stereocenters. The lowest BCUT2D eigenvalue weighted by molar-refractivity contribution is 1.46. The van der Waals surface area contributed by atoms with Crippen LogP contribution in [0.3, 0.4) is 0 Å². The van der Waals surface area contributed by atoms with Gasteiger partial charge in [0.05, 0.1) is 20.9 Å². The van der Waals surface area contributed by atoms with Crippen LogP contribution in [0.25, 0.3) is 16.3 Å². The van der Waals surface area contributed by atoms with E-state index in [0.29, 0.717) is 0 Å². The third-order valence-corrected chi connectivity index (χ3v) is 5.42. The van der Waals surface area contributed by atoms with Crippen LogP contribution in [0.2, 0.25) is 0 Å². The molecule has 0 bridgehead atoms. The Balaban J connectivity index is 1.41. The highest BCUT2D eigenvalue weighted by atomic mass is 32.2. The van der Waals surface area contributed by atoms with Gasteiger partial charge in [0.1, 0.15) is 5.01 Å². The van der Waals surface area contributed by atoms with Gasteiger partial charge in [0, 0.05) is 4.90 Å². The van der Waals surface area contributed by atoms with E-state index in [2.05, 4.69) is 40.6 Å². The lowest BCUT2D eigenvalue weighted by atomic mass is 10.3. The number of aromatic nitrogens is 1. The van der Waals surface area contributed by atoms with Crippen molar-refractivity contribution in [1.82, 2.24) is 4.98 Å². The zero-order valence-corrected chi connectivity index (χ0v) is 13.9. The first kappa shape index (κ1) is 14.3. The predicted molar refractivity (Wildman–Crippen MR) is 102 cm³/mol. The van der Waals surface area contributed by atoms with Crippen molar-refractivity contribution in [3.8, 4) is 0 Å². The van der Waals surface area contributed by atoms with Gasteiger partial charge in [0.2, 0.25) is 0 Å². The minimum absolute atomic E-state index is 1.03. The summed E-state index contributed by atoms with van der Waals surface area (Å²) in [4.78, 5) is 5.86. The zero-order chi connectivity index (χ0) is 15.5. The van der Waals surface area contributed by atoms with Crippen molar-refractivity contribution in [3.63, 3.8) is 0 Å². The molecule has 0 aliphatic carbocycles. The largest absolute Gasteiger partial charge is 0.349 e. The van der Waals surface area contributed by atoms with Crippen molar-refractivity contribution in [2.45, 2.75) is 4.90 Å². The van der Waals surface area contributed by atoms with E-state index in [1.165, 1.54) is 15.3 Å². The maximum Gasteiger partial charge on any atom is 0.117 e. The van der Waals surface area contributed by atoms with E-state index in [1.54, 1.807) is 23.1 Å².